The second-order valence-electron chi connectivity index (χ2n) is 4.34. The van der Waals surface area contributed by atoms with E-state index in [1.807, 2.05) is 30.4 Å². The number of benzene rings is 1. The minimum Gasteiger partial charge on any atom is -0.290 e. The van der Waals surface area contributed by atoms with Crippen molar-refractivity contribution >= 4 is 27.3 Å². The second kappa shape index (κ2) is 3.64. The number of hydrogen-bond donors (Lipinski definition) is 0. The minimum atomic E-state index is -0.252. The van der Waals surface area contributed by atoms with Crippen LogP contribution in [0.25, 0.3) is 10.2 Å². The van der Waals surface area contributed by atoms with Gasteiger partial charge in [0.2, 0.25) is 0 Å². The van der Waals surface area contributed by atoms with Gasteiger partial charge in [-0.3, -0.25) is 4.79 Å². The molecule has 0 N–H and O–H groups in total. The maximum Gasteiger partial charge on any atom is 0.178 e. The molecular weight excluding hydrogens is 230 g/mol. The Labute approximate surface area is 103 Å². The topological polar surface area (TPSA) is 30.0 Å². The fourth-order valence-electron chi connectivity index (χ4n) is 1.87. The van der Waals surface area contributed by atoms with Gasteiger partial charge in [-0.15, -0.1) is 11.3 Å². The van der Waals surface area contributed by atoms with Crippen LogP contribution >= 0.6 is 11.3 Å². The summed E-state index contributed by atoms with van der Waals surface area (Å²) in [5.41, 5.74) is 0.768. The number of fused-ring (bicyclic) bond motifs is 1. The molecule has 0 fully saturated rings. The molecule has 0 saturated heterocycles. The van der Waals surface area contributed by atoms with Crippen LogP contribution in [0.3, 0.4) is 0 Å². The van der Waals surface area contributed by atoms with E-state index in [4.69, 9.17) is 0 Å². The van der Waals surface area contributed by atoms with Crippen molar-refractivity contribution in [2.45, 2.75) is 12.3 Å². The summed E-state index contributed by atoms with van der Waals surface area (Å²) in [7, 11) is 0. The normalized spacial score (nSPS) is 17.8. The van der Waals surface area contributed by atoms with Gasteiger partial charge in [-0.05, 0) is 31.2 Å². The number of para-hydroxylation sites is 1. The Morgan fingerprint density at radius 2 is 1.88 bits per heavy atom. The fourth-order valence-corrected chi connectivity index (χ4v) is 2.94. The zero-order valence-corrected chi connectivity index (χ0v) is 10.2. The molecule has 1 heterocycles. The van der Waals surface area contributed by atoms with Crippen LogP contribution in [-0.2, 0) is 10.2 Å². The average Bonchev–Trinajstić information content (AvgIpc) is 2.77. The van der Waals surface area contributed by atoms with Crippen LogP contribution in [0.15, 0.2) is 48.6 Å². The van der Waals surface area contributed by atoms with Crippen LogP contribution in [0.4, 0.5) is 0 Å². The summed E-state index contributed by atoms with van der Waals surface area (Å²) >= 11 is 1.68. The molecule has 2 nitrogen and oxygen atoms in total. The van der Waals surface area contributed by atoms with E-state index >= 15 is 0 Å². The molecule has 0 bridgehead atoms. The summed E-state index contributed by atoms with van der Waals surface area (Å²) in [5, 5.41) is 1.03. The van der Waals surface area contributed by atoms with Crippen molar-refractivity contribution in [3.05, 3.63) is 53.6 Å². The molecule has 17 heavy (non-hydrogen) atoms. The summed E-state index contributed by atoms with van der Waals surface area (Å²) < 4.78 is 1.18. The van der Waals surface area contributed by atoms with Gasteiger partial charge < -0.3 is 0 Å². The van der Waals surface area contributed by atoms with Gasteiger partial charge in [0.15, 0.2) is 5.78 Å². The summed E-state index contributed by atoms with van der Waals surface area (Å²) in [6.07, 6.45) is 7.08. The maximum atomic E-state index is 11.2. The average molecular weight is 241 g/mol. The van der Waals surface area contributed by atoms with Gasteiger partial charge in [-0.2, -0.15) is 0 Å². The molecule has 1 aromatic heterocycles. The van der Waals surface area contributed by atoms with Crippen molar-refractivity contribution in [3.8, 4) is 0 Å². The Kier molecular flexibility index (Phi) is 2.23. The zero-order chi connectivity index (χ0) is 11.9. The molecule has 1 aliphatic rings. The Balaban J connectivity index is 2.12. The fraction of sp³-hybridized carbons (Fsp3) is 0.143. The van der Waals surface area contributed by atoms with Crippen molar-refractivity contribution in [2.24, 2.45) is 0 Å². The Hall–Kier alpha value is -1.74. The number of allylic oxidation sites excluding steroid dienone is 4. The highest BCUT2D eigenvalue weighted by molar-refractivity contribution is 7.18. The Morgan fingerprint density at radius 3 is 2.59 bits per heavy atom. The van der Waals surface area contributed by atoms with Gasteiger partial charge in [0.05, 0.1) is 15.6 Å². The van der Waals surface area contributed by atoms with E-state index in [2.05, 4.69) is 18.0 Å². The highest BCUT2D eigenvalue weighted by atomic mass is 32.1. The molecule has 0 saturated carbocycles. The van der Waals surface area contributed by atoms with E-state index in [9.17, 15) is 4.79 Å². The summed E-state index contributed by atoms with van der Waals surface area (Å²) in [6.45, 7) is 2.07. The molecule has 0 unspecified atom stereocenters. The molecule has 84 valence electrons. The van der Waals surface area contributed by atoms with Crippen LogP contribution < -0.4 is 0 Å². The first-order valence-electron chi connectivity index (χ1n) is 5.46. The first-order chi connectivity index (χ1) is 8.17. The molecule has 0 amide bonds. The molecule has 1 aliphatic carbocycles. The second-order valence-corrected chi connectivity index (χ2v) is 5.37. The van der Waals surface area contributed by atoms with E-state index in [-0.39, 0.29) is 11.2 Å². The molecule has 0 spiro atoms. The third-order valence-corrected chi connectivity index (χ3v) is 4.23. The van der Waals surface area contributed by atoms with E-state index in [1.54, 1.807) is 23.5 Å². The monoisotopic (exact) mass is 241 g/mol. The van der Waals surface area contributed by atoms with E-state index in [0.29, 0.717) is 0 Å². The Morgan fingerprint density at radius 1 is 1.18 bits per heavy atom. The van der Waals surface area contributed by atoms with Crippen LogP contribution in [0.2, 0.25) is 0 Å². The number of rotatable bonds is 1. The lowest BCUT2D eigenvalue weighted by Crippen LogP contribution is -2.18. The van der Waals surface area contributed by atoms with E-state index < -0.39 is 0 Å². The van der Waals surface area contributed by atoms with Crippen LogP contribution in [-0.4, -0.2) is 10.8 Å². The van der Waals surface area contributed by atoms with Crippen LogP contribution in [0, 0.1) is 0 Å². The van der Waals surface area contributed by atoms with Gasteiger partial charge in [0, 0.05) is 0 Å². The SMILES string of the molecule is CC1(c2nc3ccccc3s2)C=CC(=O)C=C1. The van der Waals surface area contributed by atoms with Gasteiger partial charge in [0.1, 0.15) is 5.01 Å². The maximum absolute atomic E-state index is 11.2. The number of ketones is 1. The summed E-state index contributed by atoms with van der Waals surface area (Å²) in [4.78, 5) is 15.8. The smallest absolute Gasteiger partial charge is 0.178 e. The number of hydrogen-bond acceptors (Lipinski definition) is 3. The molecule has 3 heteroatoms. The lowest BCUT2D eigenvalue weighted by Gasteiger charge is -2.20. The lowest BCUT2D eigenvalue weighted by atomic mass is 9.87. The third-order valence-electron chi connectivity index (χ3n) is 2.94. The highest BCUT2D eigenvalue weighted by Gasteiger charge is 2.26. The van der Waals surface area contributed by atoms with Gasteiger partial charge in [-0.1, -0.05) is 24.3 Å². The minimum absolute atomic E-state index is 0.0450. The summed E-state index contributed by atoms with van der Waals surface area (Å²) in [6, 6.07) is 8.09. The van der Waals surface area contributed by atoms with Gasteiger partial charge in [0.25, 0.3) is 0 Å². The zero-order valence-electron chi connectivity index (χ0n) is 9.38. The van der Waals surface area contributed by atoms with Crippen LogP contribution in [0.1, 0.15) is 11.9 Å². The molecular formula is C14H11NOS. The third kappa shape index (κ3) is 1.72. The number of aromatic nitrogens is 1. The number of thiazole rings is 1. The predicted molar refractivity (Wildman–Crippen MR) is 70.3 cm³/mol. The van der Waals surface area contributed by atoms with Gasteiger partial charge in [-0.25, -0.2) is 4.98 Å². The summed E-state index contributed by atoms with van der Waals surface area (Å²) in [5.74, 6) is 0.0450. The first-order valence-corrected chi connectivity index (χ1v) is 6.27. The van der Waals surface area contributed by atoms with Gasteiger partial charge >= 0.3 is 0 Å². The van der Waals surface area contributed by atoms with Crippen molar-refractivity contribution < 1.29 is 4.79 Å². The first kappa shape index (κ1) is 10.4. The van der Waals surface area contributed by atoms with Crippen molar-refractivity contribution in [3.63, 3.8) is 0 Å². The number of carbonyl (C=O) groups is 1. The molecule has 0 radical (unpaired) electrons. The van der Waals surface area contributed by atoms with Crippen molar-refractivity contribution in [1.82, 2.24) is 4.98 Å². The quantitative estimate of drug-likeness (QED) is 0.767. The lowest BCUT2D eigenvalue weighted by molar-refractivity contribution is -0.110. The van der Waals surface area contributed by atoms with Crippen LogP contribution in [0.5, 0.6) is 0 Å². The standard InChI is InChI=1S/C14H11NOS/c1-14(8-6-10(16)7-9-14)13-15-11-4-2-3-5-12(11)17-13/h2-9H,1H3. The van der Waals surface area contributed by atoms with E-state index in [1.165, 1.54) is 4.70 Å². The molecule has 2 aromatic rings. The predicted octanol–water partition coefficient (Wildman–Crippen LogP) is 3.25. The van der Waals surface area contributed by atoms with Crippen molar-refractivity contribution in [1.29, 1.82) is 0 Å². The van der Waals surface area contributed by atoms with Crippen molar-refractivity contribution in [2.75, 3.05) is 0 Å². The molecule has 0 aliphatic heterocycles. The Bertz CT molecular complexity index is 602. The number of carbonyl (C=O) groups excluding carboxylic acids is 1. The largest absolute Gasteiger partial charge is 0.290 e. The molecule has 0 atom stereocenters. The van der Waals surface area contributed by atoms with E-state index in [0.717, 1.165) is 10.5 Å². The highest BCUT2D eigenvalue weighted by Crippen LogP contribution is 2.35. The number of nitrogens with zero attached hydrogens (tertiary/aromatic N) is 1. The molecule has 1 aromatic carbocycles. The molecule has 3 rings (SSSR count).